The highest BCUT2D eigenvalue weighted by atomic mass is 16.5. The lowest BCUT2D eigenvalue weighted by Gasteiger charge is -2.30. The third kappa shape index (κ3) is 2.74. The SMILES string of the molecule is CCCn1cc(C2CC(N)c3ccc(OC)cc3O2)cn1. The van der Waals surface area contributed by atoms with Crippen LogP contribution in [-0.2, 0) is 6.54 Å². The Hall–Kier alpha value is -2.01. The second-order valence-electron chi connectivity index (χ2n) is 5.39. The lowest BCUT2D eigenvalue weighted by molar-refractivity contribution is 0.160. The summed E-state index contributed by atoms with van der Waals surface area (Å²) in [7, 11) is 1.65. The summed E-state index contributed by atoms with van der Waals surface area (Å²) in [4.78, 5) is 0. The molecule has 5 nitrogen and oxygen atoms in total. The van der Waals surface area contributed by atoms with Gasteiger partial charge in [-0.1, -0.05) is 13.0 Å². The maximum atomic E-state index is 6.28. The van der Waals surface area contributed by atoms with Crippen LogP contribution in [-0.4, -0.2) is 16.9 Å². The summed E-state index contributed by atoms with van der Waals surface area (Å²) in [6, 6.07) is 5.77. The van der Waals surface area contributed by atoms with E-state index in [0.29, 0.717) is 0 Å². The number of benzene rings is 1. The highest BCUT2D eigenvalue weighted by molar-refractivity contribution is 5.44. The van der Waals surface area contributed by atoms with Crippen molar-refractivity contribution in [2.75, 3.05) is 7.11 Å². The summed E-state index contributed by atoms with van der Waals surface area (Å²) in [5, 5.41) is 4.37. The maximum Gasteiger partial charge on any atom is 0.129 e. The van der Waals surface area contributed by atoms with Gasteiger partial charge in [0.25, 0.3) is 0 Å². The number of rotatable bonds is 4. The van der Waals surface area contributed by atoms with E-state index < -0.39 is 0 Å². The first kappa shape index (κ1) is 13.9. The molecule has 5 heteroatoms. The predicted molar refractivity (Wildman–Crippen MR) is 80.4 cm³/mol. The molecule has 0 saturated carbocycles. The molecule has 1 aliphatic rings. The number of nitrogens with zero attached hydrogens (tertiary/aromatic N) is 2. The number of ether oxygens (including phenoxy) is 2. The van der Waals surface area contributed by atoms with Crippen LogP contribution < -0.4 is 15.2 Å². The molecule has 21 heavy (non-hydrogen) atoms. The zero-order valence-electron chi connectivity index (χ0n) is 12.5. The number of hydrogen-bond donors (Lipinski definition) is 1. The molecular formula is C16H21N3O2. The smallest absolute Gasteiger partial charge is 0.129 e. The first-order valence-corrected chi connectivity index (χ1v) is 7.33. The van der Waals surface area contributed by atoms with Crippen molar-refractivity contribution in [3.63, 3.8) is 0 Å². The van der Waals surface area contributed by atoms with Crippen molar-refractivity contribution in [1.29, 1.82) is 0 Å². The minimum absolute atomic E-state index is 0.0285. The van der Waals surface area contributed by atoms with Crippen LogP contribution in [0.4, 0.5) is 0 Å². The van der Waals surface area contributed by atoms with Crippen molar-refractivity contribution in [3.05, 3.63) is 41.7 Å². The average molecular weight is 287 g/mol. The van der Waals surface area contributed by atoms with Crippen LogP contribution in [0.1, 0.15) is 43.0 Å². The van der Waals surface area contributed by atoms with Gasteiger partial charge in [0.1, 0.15) is 17.6 Å². The van der Waals surface area contributed by atoms with Gasteiger partial charge in [-0.2, -0.15) is 5.10 Å². The van der Waals surface area contributed by atoms with Crippen molar-refractivity contribution in [3.8, 4) is 11.5 Å². The van der Waals surface area contributed by atoms with Crippen LogP contribution in [0.15, 0.2) is 30.6 Å². The van der Waals surface area contributed by atoms with E-state index in [1.165, 1.54) is 0 Å². The van der Waals surface area contributed by atoms with Crippen molar-refractivity contribution >= 4 is 0 Å². The molecule has 2 N–H and O–H groups in total. The highest BCUT2D eigenvalue weighted by Gasteiger charge is 2.28. The molecule has 2 atom stereocenters. The Balaban J connectivity index is 1.85. The van der Waals surface area contributed by atoms with Crippen LogP contribution >= 0.6 is 0 Å². The summed E-state index contributed by atoms with van der Waals surface area (Å²) in [6.07, 6.45) is 5.69. The average Bonchev–Trinajstić information content (AvgIpc) is 2.95. The second kappa shape index (κ2) is 5.77. The molecule has 0 amide bonds. The molecule has 0 spiro atoms. The topological polar surface area (TPSA) is 62.3 Å². The molecule has 2 unspecified atom stereocenters. The molecule has 112 valence electrons. The molecule has 3 rings (SSSR count). The minimum Gasteiger partial charge on any atom is -0.497 e. The Morgan fingerprint density at radius 2 is 2.33 bits per heavy atom. The van der Waals surface area contributed by atoms with Gasteiger partial charge in [0.2, 0.25) is 0 Å². The van der Waals surface area contributed by atoms with Gasteiger partial charge < -0.3 is 15.2 Å². The Kier molecular flexibility index (Phi) is 3.84. The molecule has 2 heterocycles. The zero-order valence-corrected chi connectivity index (χ0v) is 12.5. The molecule has 1 aromatic heterocycles. The molecular weight excluding hydrogens is 266 g/mol. The number of hydrogen-bond acceptors (Lipinski definition) is 4. The van der Waals surface area contributed by atoms with Crippen LogP contribution in [0.3, 0.4) is 0 Å². The predicted octanol–water partition coefficient (Wildman–Crippen LogP) is 2.83. The number of aryl methyl sites for hydroxylation is 1. The maximum absolute atomic E-state index is 6.28. The first-order valence-electron chi connectivity index (χ1n) is 7.33. The number of methoxy groups -OCH3 is 1. The Bertz CT molecular complexity index is 624. The van der Waals surface area contributed by atoms with Crippen LogP contribution in [0.5, 0.6) is 11.5 Å². The van der Waals surface area contributed by atoms with E-state index in [1.54, 1.807) is 7.11 Å². The quantitative estimate of drug-likeness (QED) is 0.939. The lowest BCUT2D eigenvalue weighted by atomic mass is 9.95. The second-order valence-corrected chi connectivity index (χ2v) is 5.39. The van der Waals surface area contributed by atoms with Gasteiger partial charge in [-0.05, 0) is 12.5 Å². The van der Waals surface area contributed by atoms with Crippen molar-refractivity contribution < 1.29 is 9.47 Å². The third-order valence-electron chi connectivity index (χ3n) is 3.84. The fraction of sp³-hybridized carbons (Fsp3) is 0.438. The molecule has 0 aliphatic carbocycles. The van der Waals surface area contributed by atoms with Gasteiger partial charge in [0.15, 0.2) is 0 Å². The van der Waals surface area contributed by atoms with Gasteiger partial charge in [-0.3, -0.25) is 4.68 Å². The summed E-state index contributed by atoms with van der Waals surface area (Å²) in [5.41, 5.74) is 8.39. The third-order valence-corrected chi connectivity index (χ3v) is 3.84. The van der Waals surface area contributed by atoms with Crippen LogP contribution in [0.2, 0.25) is 0 Å². The summed E-state index contributed by atoms with van der Waals surface area (Å²) >= 11 is 0. The normalized spacial score (nSPS) is 20.7. The monoisotopic (exact) mass is 287 g/mol. The van der Waals surface area contributed by atoms with Crippen LogP contribution in [0, 0.1) is 0 Å². The summed E-state index contributed by atoms with van der Waals surface area (Å²) < 4.78 is 13.3. The van der Waals surface area contributed by atoms with Crippen molar-refractivity contribution in [1.82, 2.24) is 9.78 Å². The Morgan fingerprint density at radius 1 is 1.48 bits per heavy atom. The van der Waals surface area contributed by atoms with E-state index in [4.69, 9.17) is 15.2 Å². The van der Waals surface area contributed by atoms with E-state index in [-0.39, 0.29) is 12.1 Å². The zero-order chi connectivity index (χ0) is 14.8. The van der Waals surface area contributed by atoms with Crippen molar-refractivity contribution in [2.45, 2.75) is 38.5 Å². The fourth-order valence-corrected chi connectivity index (χ4v) is 2.71. The van der Waals surface area contributed by atoms with Gasteiger partial charge >= 0.3 is 0 Å². The van der Waals surface area contributed by atoms with Crippen LogP contribution in [0.25, 0.3) is 0 Å². The van der Waals surface area contributed by atoms with E-state index >= 15 is 0 Å². The van der Waals surface area contributed by atoms with E-state index in [1.807, 2.05) is 35.3 Å². The van der Waals surface area contributed by atoms with Crippen molar-refractivity contribution in [2.24, 2.45) is 5.73 Å². The number of aromatic nitrogens is 2. The molecule has 1 aromatic carbocycles. The molecule has 0 radical (unpaired) electrons. The van der Waals surface area contributed by atoms with Gasteiger partial charge in [-0.15, -0.1) is 0 Å². The molecule has 0 saturated heterocycles. The number of fused-ring (bicyclic) bond motifs is 1. The molecule has 0 fully saturated rings. The first-order chi connectivity index (χ1) is 10.2. The van der Waals surface area contributed by atoms with E-state index in [9.17, 15) is 0 Å². The Labute approximate surface area is 124 Å². The van der Waals surface area contributed by atoms with Gasteiger partial charge in [-0.25, -0.2) is 0 Å². The number of nitrogens with two attached hydrogens (primary N) is 1. The lowest BCUT2D eigenvalue weighted by Crippen LogP contribution is -2.23. The van der Waals surface area contributed by atoms with E-state index in [2.05, 4.69) is 12.0 Å². The largest absolute Gasteiger partial charge is 0.497 e. The molecule has 2 aromatic rings. The van der Waals surface area contributed by atoms with Gasteiger partial charge in [0.05, 0.1) is 13.3 Å². The fourth-order valence-electron chi connectivity index (χ4n) is 2.71. The standard InChI is InChI=1S/C16H21N3O2/c1-3-6-19-10-11(9-18-19)15-8-14(17)13-5-4-12(20-2)7-16(13)21-15/h4-5,7,9-10,14-15H,3,6,8,17H2,1-2H3. The summed E-state index contributed by atoms with van der Waals surface area (Å²) in [6.45, 7) is 3.06. The minimum atomic E-state index is -0.0507. The molecule has 0 bridgehead atoms. The Morgan fingerprint density at radius 3 is 3.10 bits per heavy atom. The van der Waals surface area contributed by atoms with Gasteiger partial charge in [0, 0.05) is 42.4 Å². The van der Waals surface area contributed by atoms with E-state index in [0.717, 1.165) is 42.0 Å². The molecule has 1 aliphatic heterocycles. The summed E-state index contributed by atoms with van der Waals surface area (Å²) in [5.74, 6) is 1.59. The highest BCUT2D eigenvalue weighted by Crippen LogP contribution is 2.41.